The summed E-state index contributed by atoms with van der Waals surface area (Å²) < 4.78 is 5.96. The second-order valence-corrected chi connectivity index (χ2v) is 5.42. The Balaban J connectivity index is 1.54. The van der Waals surface area contributed by atoms with Gasteiger partial charge in [0.25, 0.3) is 0 Å². The molecule has 0 unspecified atom stereocenters. The molecule has 1 aliphatic rings. The molecule has 20 heavy (non-hydrogen) atoms. The lowest BCUT2D eigenvalue weighted by Crippen LogP contribution is -2.10. The van der Waals surface area contributed by atoms with E-state index in [0.717, 1.165) is 23.7 Å². The molecule has 0 amide bonds. The van der Waals surface area contributed by atoms with Gasteiger partial charge < -0.3 is 10.1 Å². The van der Waals surface area contributed by atoms with Gasteiger partial charge in [-0.15, -0.1) is 0 Å². The van der Waals surface area contributed by atoms with Crippen LogP contribution in [0.25, 0.3) is 0 Å². The Morgan fingerprint density at radius 3 is 2.65 bits per heavy atom. The first-order chi connectivity index (χ1) is 9.81. The van der Waals surface area contributed by atoms with Crippen molar-refractivity contribution in [3.8, 4) is 5.75 Å². The molecule has 2 N–H and O–H groups in total. The zero-order valence-corrected chi connectivity index (χ0v) is 11.9. The van der Waals surface area contributed by atoms with Gasteiger partial charge in [-0.3, -0.25) is 5.10 Å². The number of hydrogen-bond acceptors (Lipinski definition) is 3. The first-order valence-electron chi connectivity index (χ1n) is 7.31. The molecular weight excluding hydrogens is 250 g/mol. The number of aromatic amines is 1. The summed E-state index contributed by atoms with van der Waals surface area (Å²) in [7, 11) is 0. The van der Waals surface area contributed by atoms with Crippen LogP contribution in [-0.2, 0) is 6.54 Å². The minimum atomic E-state index is 0.419. The van der Waals surface area contributed by atoms with Gasteiger partial charge in [-0.25, -0.2) is 0 Å². The SMILES string of the molecule is Cc1[nH]ncc1CNc1ccc(OC2CCCC2)cc1. The van der Waals surface area contributed by atoms with Crippen LogP contribution in [0.2, 0.25) is 0 Å². The Morgan fingerprint density at radius 1 is 1.25 bits per heavy atom. The molecule has 106 valence electrons. The third-order valence-corrected chi connectivity index (χ3v) is 3.88. The first-order valence-corrected chi connectivity index (χ1v) is 7.31. The predicted molar refractivity (Wildman–Crippen MR) is 80.0 cm³/mol. The van der Waals surface area contributed by atoms with Crippen molar-refractivity contribution in [2.45, 2.75) is 45.3 Å². The van der Waals surface area contributed by atoms with Gasteiger partial charge in [-0.05, 0) is 56.9 Å². The van der Waals surface area contributed by atoms with E-state index in [0.29, 0.717) is 6.10 Å². The molecule has 0 atom stereocenters. The van der Waals surface area contributed by atoms with Crippen molar-refractivity contribution in [2.24, 2.45) is 0 Å². The molecule has 1 aromatic heterocycles. The largest absolute Gasteiger partial charge is 0.490 e. The normalized spacial score (nSPS) is 15.4. The van der Waals surface area contributed by atoms with Crippen molar-refractivity contribution in [3.63, 3.8) is 0 Å². The lowest BCUT2D eigenvalue weighted by atomic mass is 10.2. The zero-order chi connectivity index (χ0) is 13.8. The van der Waals surface area contributed by atoms with Crippen molar-refractivity contribution in [3.05, 3.63) is 41.7 Å². The molecule has 4 nitrogen and oxygen atoms in total. The van der Waals surface area contributed by atoms with E-state index in [2.05, 4.69) is 27.6 Å². The van der Waals surface area contributed by atoms with E-state index in [9.17, 15) is 0 Å². The summed E-state index contributed by atoms with van der Waals surface area (Å²) in [5.41, 5.74) is 3.40. The standard InChI is InChI=1S/C16H21N3O/c1-12-13(11-18-19-12)10-17-14-6-8-16(9-7-14)20-15-4-2-3-5-15/h6-9,11,15,17H,2-5,10H2,1H3,(H,18,19). The minimum absolute atomic E-state index is 0.419. The summed E-state index contributed by atoms with van der Waals surface area (Å²) in [5, 5.41) is 10.4. The summed E-state index contributed by atoms with van der Waals surface area (Å²) in [5.74, 6) is 0.974. The van der Waals surface area contributed by atoms with Crippen LogP contribution in [0.3, 0.4) is 0 Å². The topological polar surface area (TPSA) is 49.9 Å². The maximum atomic E-state index is 5.96. The molecule has 4 heteroatoms. The van der Waals surface area contributed by atoms with Crippen molar-refractivity contribution < 1.29 is 4.74 Å². The molecule has 1 heterocycles. The third kappa shape index (κ3) is 3.13. The Kier molecular flexibility index (Phi) is 3.90. The van der Waals surface area contributed by atoms with Crippen LogP contribution >= 0.6 is 0 Å². The van der Waals surface area contributed by atoms with E-state index in [1.54, 1.807) is 0 Å². The van der Waals surface area contributed by atoms with Crippen LogP contribution in [0.5, 0.6) is 5.75 Å². The van der Waals surface area contributed by atoms with E-state index in [4.69, 9.17) is 4.74 Å². The Morgan fingerprint density at radius 2 is 2.00 bits per heavy atom. The maximum absolute atomic E-state index is 5.96. The van der Waals surface area contributed by atoms with E-state index < -0.39 is 0 Å². The fourth-order valence-electron chi connectivity index (χ4n) is 2.60. The number of aryl methyl sites for hydroxylation is 1. The highest BCUT2D eigenvalue weighted by Crippen LogP contribution is 2.25. The van der Waals surface area contributed by atoms with Gasteiger partial charge in [-0.1, -0.05) is 0 Å². The molecule has 0 bridgehead atoms. The van der Waals surface area contributed by atoms with Crippen molar-refractivity contribution in [2.75, 3.05) is 5.32 Å². The van der Waals surface area contributed by atoms with Crippen molar-refractivity contribution >= 4 is 5.69 Å². The molecular formula is C16H21N3O. The van der Waals surface area contributed by atoms with Crippen molar-refractivity contribution in [1.29, 1.82) is 0 Å². The van der Waals surface area contributed by atoms with Gasteiger partial charge in [0.15, 0.2) is 0 Å². The molecule has 0 saturated heterocycles. The lowest BCUT2D eigenvalue weighted by Gasteiger charge is -2.13. The fraction of sp³-hybridized carbons (Fsp3) is 0.438. The Bertz CT molecular complexity index is 541. The number of rotatable bonds is 5. The highest BCUT2D eigenvalue weighted by Gasteiger charge is 2.16. The number of nitrogens with one attached hydrogen (secondary N) is 2. The maximum Gasteiger partial charge on any atom is 0.119 e. The highest BCUT2D eigenvalue weighted by atomic mass is 16.5. The minimum Gasteiger partial charge on any atom is -0.490 e. The Labute approximate surface area is 119 Å². The smallest absolute Gasteiger partial charge is 0.119 e. The van der Waals surface area contributed by atoms with Crippen LogP contribution in [0.15, 0.2) is 30.5 Å². The number of aromatic nitrogens is 2. The second kappa shape index (κ2) is 5.99. The van der Waals surface area contributed by atoms with Crippen LogP contribution in [-0.4, -0.2) is 16.3 Å². The van der Waals surface area contributed by atoms with Gasteiger partial charge in [0, 0.05) is 23.5 Å². The zero-order valence-electron chi connectivity index (χ0n) is 11.9. The van der Waals surface area contributed by atoms with Gasteiger partial charge in [-0.2, -0.15) is 5.10 Å². The summed E-state index contributed by atoms with van der Waals surface area (Å²) in [4.78, 5) is 0. The summed E-state index contributed by atoms with van der Waals surface area (Å²) in [6.45, 7) is 2.81. The van der Waals surface area contributed by atoms with E-state index in [-0.39, 0.29) is 0 Å². The summed E-state index contributed by atoms with van der Waals surface area (Å²) >= 11 is 0. The molecule has 1 aliphatic carbocycles. The summed E-state index contributed by atoms with van der Waals surface area (Å²) in [6.07, 6.45) is 7.27. The average Bonchev–Trinajstić information content (AvgIpc) is 3.10. The molecule has 0 aliphatic heterocycles. The quantitative estimate of drug-likeness (QED) is 0.872. The third-order valence-electron chi connectivity index (χ3n) is 3.88. The number of hydrogen-bond donors (Lipinski definition) is 2. The van der Waals surface area contributed by atoms with Gasteiger partial charge in [0.05, 0.1) is 12.3 Å². The monoisotopic (exact) mass is 271 g/mol. The average molecular weight is 271 g/mol. The highest BCUT2D eigenvalue weighted by molar-refractivity contribution is 5.46. The number of ether oxygens (including phenoxy) is 1. The fourth-order valence-corrected chi connectivity index (χ4v) is 2.60. The van der Waals surface area contributed by atoms with E-state index in [1.807, 2.05) is 25.3 Å². The van der Waals surface area contributed by atoms with Crippen LogP contribution in [0.1, 0.15) is 36.9 Å². The molecule has 3 rings (SSSR count). The number of benzene rings is 1. The summed E-state index contributed by atoms with van der Waals surface area (Å²) in [6, 6.07) is 8.23. The molecule has 0 radical (unpaired) electrons. The van der Waals surface area contributed by atoms with Crippen LogP contribution < -0.4 is 10.1 Å². The lowest BCUT2D eigenvalue weighted by molar-refractivity contribution is 0.210. The first kappa shape index (κ1) is 13.0. The van der Waals surface area contributed by atoms with Gasteiger partial charge >= 0.3 is 0 Å². The van der Waals surface area contributed by atoms with Gasteiger partial charge in [0.2, 0.25) is 0 Å². The van der Waals surface area contributed by atoms with Crippen LogP contribution in [0.4, 0.5) is 5.69 Å². The van der Waals surface area contributed by atoms with Gasteiger partial charge in [0.1, 0.15) is 5.75 Å². The number of H-pyrrole nitrogens is 1. The number of nitrogens with zero attached hydrogens (tertiary/aromatic N) is 1. The molecule has 1 aromatic carbocycles. The molecule has 1 fully saturated rings. The molecule has 2 aromatic rings. The molecule has 1 saturated carbocycles. The number of anilines is 1. The van der Waals surface area contributed by atoms with E-state index in [1.165, 1.54) is 31.2 Å². The van der Waals surface area contributed by atoms with E-state index >= 15 is 0 Å². The predicted octanol–water partition coefficient (Wildman–Crippen LogP) is 3.65. The second-order valence-electron chi connectivity index (χ2n) is 5.42. The molecule has 0 spiro atoms. The Hall–Kier alpha value is -1.97. The van der Waals surface area contributed by atoms with Crippen LogP contribution in [0, 0.1) is 6.92 Å². The van der Waals surface area contributed by atoms with Crippen molar-refractivity contribution in [1.82, 2.24) is 10.2 Å².